The Hall–Kier alpha value is -2.95. The lowest BCUT2D eigenvalue weighted by Gasteiger charge is -2.19. The van der Waals surface area contributed by atoms with Crippen molar-refractivity contribution in [2.24, 2.45) is 5.92 Å². The fourth-order valence-electron chi connectivity index (χ4n) is 3.00. The van der Waals surface area contributed by atoms with Crippen LogP contribution in [0.4, 0.5) is 5.82 Å². The van der Waals surface area contributed by atoms with Crippen LogP contribution in [-0.4, -0.2) is 21.1 Å². The highest BCUT2D eigenvalue weighted by Gasteiger charge is 2.24. The number of hydrogen-bond acceptors (Lipinski definition) is 3. The summed E-state index contributed by atoms with van der Waals surface area (Å²) in [6, 6.07) is 15.8. The Morgan fingerprint density at radius 1 is 1.16 bits per heavy atom. The molecule has 128 valence electrons. The first-order valence-corrected chi connectivity index (χ1v) is 8.47. The Bertz CT molecular complexity index is 772. The largest absolute Gasteiger partial charge is 0.310 e. The number of amides is 1. The minimum Gasteiger partial charge on any atom is -0.310 e. The maximum absolute atomic E-state index is 12.8. The van der Waals surface area contributed by atoms with Gasteiger partial charge in [0.05, 0.1) is 12.1 Å². The summed E-state index contributed by atoms with van der Waals surface area (Å²) in [5.74, 6) is 0.605. The maximum Gasteiger partial charge on any atom is 0.233 e. The summed E-state index contributed by atoms with van der Waals surface area (Å²) in [7, 11) is 0. The topological polar surface area (TPSA) is 70.7 Å². The molecule has 3 aromatic rings. The molecule has 0 saturated heterocycles. The summed E-state index contributed by atoms with van der Waals surface area (Å²) in [4.78, 5) is 17.0. The van der Waals surface area contributed by atoms with Gasteiger partial charge in [-0.05, 0) is 36.5 Å². The fourth-order valence-corrected chi connectivity index (χ4v) is 3.00. The van der Waals surface area contributed by atoms with E-state index in [4.69, 9.17) is 0 Å². The van der Waals surface area contributed by atoms with Crippen LogP contribution in [0.1, 0.15) is 30.4 Å². The van der Waals surface area contributed by atoms with Crippen LogP contribution in [0.3, 0.4) is 0 Å². The average Bonchev–Trinajstić information content (AvgIpc) is 3.15. The molecule has 0 spiro atoms. The molecule has 0 aliphatic rings. The molecule has 0 radical (unpaired) electrons. The molecule has 5 heteroatoms. The van der Waals surface area contributed by atoms with Crippen molar-refractivity contribution in [2.75, 3.05) is 5.32 Å². The summed E-state index contributed by atoms with van der Waals surface area (Å²) in [6.07, 6.45) is 6.86. The lowest BCUT2D eigenvalue weighted by atomic mass is 9.87. The smallest absolute Gasteiger partial charge is 0.233 e. The van der Waals surface area contributed by atoms with E-state index in [-0.39, 0.29) is 11.8 Å². The summed E-state index contributed by atoms with van der Waals surface area (Å²) in [5, 5.41) is 9.72. The van der Waals surface area contributed by atoms with Crippen LogP contribution in [0.25, 0.3) is 0 Å². The van der Waals surface area contributed by atoms with Crippen LogP contribution in [0.2, 0.25) is 0 Å². The molecule has 0 bridgehead atoms. The highest BCUT2D eigenvalue weighted by atomic mass is 16.1. The van der Waals surface area contributed by atoms with Crippen molar-refractivity contribution in [3.8, 4) is 0 Å². The van der Waals surface area contributed by atoms with Crippen molar-refractivity contribution in [1.29, 1.82) is 0 Å². The van der Waals surface area contributed by atoms with Crippen LogP contribution >= 0.6 is 0 Å². The number of anilines is 1. The Kier molecular flexibility index (Phi) is 5.57. The first-order valence-electron chi connectivity index (χ1n) is 8.47. The number of pyridine rings is 1. The van der Waals surface area contributed by atoms with Crippen LogP contribution in [0, 0.1) is 5.92 Å². The van der Waals surface area contributed by atoms with E-state index in [1.807, 2.05) is 30.3 Å². The molecule has 3 rings (SSSR count). The third kappa shape index (κ3) is 4.76. The summed E-state index contributed by atoms with van der Waals surface area (Å²) in [6.45, 7) is 2.17. The molecule has 0 fully saturated rings. The zero-order valence-corrected chi connectivity index (χ0v) is 14.2. The molecule has 1 aromatic carbocycles. The number of aromatic amines is 1. The van der Waals surface area contributed by atoms with Gasteiger partial charge in [0.1, 0.15) is 5.82 Å². The molecule has 2 aromatic heterocycles. The summed E-state index contributed by atoms with van der Waals surface area (Å²) < 4.78 is 0. The zero-order valence-electron chi connectivity index (χ0n) is 14.2. The number of carbonyl (C=O) groups is 1. The molecule has 2 heterocycles. The number of nitrogens with one attached hydrogen (secondary N) is 2. The zero-order chi connectivity index (χ0) is 17.5. The van der Waals surface area contributed by atoms with E-state index in [2.05, 4.69) is 39.6 Å². The predicted molar refractivity (Wildman–Crippen MR) is 98.1 cm³/mol. The number of H-pyrrole nitrogens is 1. The quantitative estimate of drug-likeness (QED) is 0.690. The second kappa shape index (κ2) is 8.24. The minimum absolute atomic E-state index is 0.0555. The maximum atomic E-state index is 12.8. The Morgan fingerprint density at radius 2 is 1.96 bits per heavy atom. The van der Waals surface area contributed by atoms with Gasteiger partial charge in [0.25, 0.3) is 0 Å². The molecule has 0 saturated carbocycles. The van der Waals surface area contributed by atoms with Crippen molar-refractivity contribution in [3.05, 3.63) is 78.2 Å². The molecule has 0 aliphatic heterocycles. The second-order valence-electron chi connectivity index (χ2n) is 6.32. The van der Waals surface area contributed by atoms with E-state index in [0.29, 0.717) is 11.7 Å². The van der Waals surface area contributed by atoms with Gasteiger partial charge < -0.3 is 5.32 Å². The monoisotopic (exact) mass is 334 g/mol. The average molecular weight is 334 g/mol. The first kappa shape index (κ1) is 16.9. The van der Waals surface area contributed by atoms with Crippen molar-refractivity contribution in [2.45, 2.75) is 25.7 Å². The summed E-state index contributed by atoms with van der Waals surface area (Å²) >= 11 is 0. The number of hydrogen-bond donors (Lipinski definition) is 2. The lowest BCUT2D eigenvalue weighted by molar-refractivity contribution is -0.118. The number of rotatable bonds is 7. The second-order valence-corrected chi connectivity index (χ2v) is 6.32. The minimum atomic E-state index is -0.264. The fraction of sp³-hybridized carbons (Fsp3) is 0.250. The van der Waals surface area contributed by atoms with E-state index in [1.165, 1.54) is 5.56 Å². The van der Waals surface area contributed by atoms with Gasteiger partial charge in [0.2, 0.25) is 5.91 Å². The molecule has 5 nitrogen and oxygen atoms in total. The van der Waals surface area contributed by atoms with Gasteiger partial charge in [-0.25, -0.2) is 4.98 Å². The van der Waals surface area contributed by atoms with E-state index in [1.54, 1.807) is 24.7 Å². The van der Waals surface area contributed by atoms with Gasteiger partial charge in [-0.1, -0.05) is 43.3 Å². The third-order valence-electron chi connectivity index (χ3n) is 4.22. The lowest BCUT2D eigenvalue weighted by Crippen LogP contribution is -2.23. The molecular weight excluding hydrogens is 312 g/mol. The number of aromatic nitrogens is 3. The predicted octanol–water partition coefficient (Wildman–Crippen LogP) is 3.80. The van der Waals surface area contributed by atoms with Crippen LogP contribution in [-0.2, 0) is 11.2 Å². The van der Waals surface area contributed by atoms with Crippen molar-refractivity contribution in [3.63, 3.8) is 0 Å². The van der Waals surface area contributed by atoms with Crippen LogP contribution in [0.5, 0.6) is 0 Å². The van der Waals surface area contributed by atoms with Crippen LogP contribution < -0.4 is 5.32 Å². The Morgan fingerprint density at radius 3 is 2.64 bits per heavy atom. The van der Waals surface area contributed by atoms with Gasteiger partial charge in [0, 0.05) is 18.0 Å². The van der Waals surface area contributed by atoms with Crippen molar-refractivity contribution >= 4 is 11.7 Å². The first-order chi connectivity index (χ1) is 12.2. The van der Waals surface area contributed by atoms with Gasteiger partial charge in [-0.3, -0.25) is 9.89 Å². The van der Waals surface area contributed by atoms with E-state index in [9.17, 15) is 4.79 Å². The summed E-state index contributed by atoms with van der Waals surface area (Å²) in [5.41, 5.74) is 2.18. The SMILES string of the molecule is CC(Cc1ccccc1)C[C@@H](C(=O)Nc1ccccn1)c1cn[nH]c1. The number of nitrogens with zero attached hydrogens (tertiary/aromatic N) is 2. The van der Waals surface area contributed by atoms with Gasteiger partial charge in [-0.15, -0.1) is 0 Å². The van der Waals surface area contributed by atoms with Crippen molar-refractivity contribution < 1.29 is 4.79 Å². The molecule has 0 aliphatic carbocycles. The highest BCUT2D eigenvalue weighted by molar-refractivity contribution is 5.95. The number of benzene rings is 1. The molecule has 2 N–H and O–H groups in total. The highest BCUT2D eigenvalue weighted by Crippen LogP contribution is 2.26. The van der Waals surface area contributed by atoms with Crippen molar-refractivity contribution in [1.82, 2.24) is 15.2 Å². The Balaban J connectivity index is 1.70. The molecule has 25 heavy (non-hydrogen) atoms. The third-order valence-corrected chi connectivity index (χ3v) is 4.22. The van der Waals surface area contributed by atoms with Crippen LogP contribution in [0.15, 0.2) is 67.1 Å². The molecule has 1 amide bonds. The van der Waals surface area contributed by atoms with Gasteiger partial charge in [-0.2, -0.15) is 5.10 Å². The standard InChI is InChI=1S/C20H22N4O/c1-15(11-16-7-3-2-4-8-16)12-18(17-13-22-23-14-17)20(25)24-19-9-5-6-10-21-19/h2-10,13-15,18H,11-12H2,1H3,(H,22,23)(H,21,24,25)/t15?,18-/m1/s1. The van der Waals surface area contributed by atoms with E-state index in [0.717, 1.165) is 18.4 Å². The van der Waals surface area contributed by atoms with E-state index < -0.39 is 0 Å². The Labute approximate surface area is 147 Å². The molecule has 1 unspecified atom stereocenters. The van der Waals surface area contributed by atoms with Gasteiger partial charge >= 0.3 is 0 Å². The molecular formula is C20H22N4O. The van der Waals surface area contributed by atoms with E-state index >= 15 is 0 Å². The van der Waals surface area contributed by atoms with Gasteiger partial charge in [0.15, 0.2) is 0 Å². The number of carbonyl (C=O) groups excluding carboxylic acids is 1. The molecule has 2 atom stereocenters. The normalized spacial score (nSPS) is 13.2.